The summed E-state index contributed by atoms with van der Waals surface area (Å²) in [6.07, 6.45) is 2.00. The second kappa shape index (κ2) is 6.29. The van der Waals surface area contributed by atoms with Crippen LogP contribution in [-0.4, -0.2) is 42.6 Å². The lowest BCUT2D eigenvalue weighted by Crippen LogP contribution is -2.22. The van der Waals surface area contributed by atoms with E-state index < -0.39 is 4.92 Å². The highest BCUT2D eigenvalue weighted by molar-refractivity contribution is 7.98. The summed E-state index contributed by atoms with van der Waals surface area (Å²) >= 11 is 1.69. The highest BCUT2D eigenvalue weighted by Gasteiger charge is 2.19. The largest absolute Gasteiger partial charge is 0.373 e. The van der Waals surface area contributed by atoms with E-state index in [2.05, 4.69) is 10.3 Å². The molecule has 0 amide bonds. The van der Waals surface area contributed by atoms with Crippen molar-refractivity contribution >= 4 is 29.1 Å². The van der Waals surface area contributed by atoms with Crippen LogP contribution in [0, 0.1) is 10.1 Å². The van der Waals surface area contributed by atoms with Gasteiger partial charge in [0, 0.05) is 32.5 Å². The Balaban J connectivity index is 3.03. The Morgan fingerprint density at radius 3 is 2.82 bits per heavy atom. The van der Waals surface area contributed by atoms with Crippen LogP contribution in [0.4, 0.5) is 17.3 Å². The fraction of sp³-hybridized carbons (Fsp3) is 0.500. The molecule has 6 nitrogen and oxygen atoms in total. The van der Waals surface area contributed by atoms with E-state index in [1.807, 2.05) is 13.3 Å². The van der Waals surface area contributed by atoms with E-state index in [0.717, 1.165) is 12.3 Å². The topological polar surface area (TPSA) is 71.3 Å². The molecular formula is C10H16N4O2S. The minimum Gasteiger partial charge on any atom is -0.373 e. The Hall–Kier alpha value is -1.50. The van der Waals surface area contributed by atoms with Crippen molar-refractivity contribution in [3.05, 3.63) is 22.2 Å². The average Bonchev–Trinajstić information content (AvgIpc) is 2.34. The van der Waals surface area contributed by atoms with Gasteiger partial charge in [-0.05, 0) is 12.3 Å². The van der Waals surface area contributed by atoms with E-state index in [1.54, 1.807) is 29.8 Å². The Labute approximate surface area is 105 Å². The average molecular weight is 256 g/mol. The third-order valence-electron chi connectivity index (χ3n) is 2.30. The minimum atomic E-state index is -0.405. The second-order valence-electron chi connectivity index (χ2n) is 3.46. The predicted molar refractivity (Wildman–Crippen MR) is 72.1 cm³/mol. The minimum absolute atomic E-state index is 0.0348. The maximum Gasteiger partial charge on any atom is 0.311 e. The van der Waals surface area contributed by atoms with Gasteiger partial charge in [-0.15, -0.1) is 0 Å². The van der Waals surface area contributed by atoms with E-state index in [9.17, 15) is 10.1 Å². The zero-order chi connectivity index (χ0) is 12.8. The van der Waals surface area contributed by atoms with Gasteiger partial charge in [-0.3, -0.25) is 10.1 Å². The summed E-state index contributed by atoms with van der Waals surface area (Å²) in [5.74, 6) is 1.93. The highest BCUT2D eigenvalue weighted by Crippen LogP contribution is 2.26. The maximum atomic E-state index is 10.9. The smallest absolute Gasteiger partial charge is 0.311 e. The number of anilines is 2. The lowest BCUT2D eigenvalue weighted by atomic mass is 10.3. The number of thioether (sulfide) groups is 1. The molecule has 0 radical (unpaired) electrons. The van der Waals surface area contributed by atoms with Crippen LogP contribution >= 0.6 is 11.8 Å². The van der Waals surface area contributed by atoms with Crippen molar-refractivity contribution in [2.24, 2.45) is 0 Å². The standard InChI is InChI=1S/C10H16N4O2S/c1-11-9-5-4-8(14(15)16)10(12-9)13(2)6-7-17-3/h4-5H,6-7H2,1-3H3,(H,11,12). The Kier molecular flexibility index (Phi) is 5.02. The molecule has 0 aliphatic rings. The molecule has 7 heteroatoms. The predicted octanol–water partition coefficient (Wildman–Crippen LogP) is 1.83. The fourth-order valence-electron chi connectivity index (χ4n) is 1.34. The lowest BCUT2D eigenvalue weighted by Gasteiger charge is -2.17. The van der Waals surface area contributed by atoms with Gasteiger partial charge in [-0.2, -0.15) is 11.8 Å². The number of nitro groups is 1. The fourth-order valence-corrected chi connectivity index (χ4v) is 1.79. The van der Waals surface area contributed by atoms with Crippen LogP contribution in [0.25, 0.3) is 0 Å². The maximum absolute atomic E-state index is 10.9. The summed E-state index contributed by atoms with van der Waals surface area (Å²) in [6.45, 7) is 0.724. The van der Waals surface area contributed by atoms with Crippen molar-refractivity contribution in [2.45, 2.75) is 0 Å². The molecule has 0 fully saturated rings. The molecule has 94 valence electrons. The molecule has 0 saturated carbocycles. The first-order valence-corrected chi connectivity index (χ1v) is 6.52. The van der Waals surface area contributed by atoms with Crippen LogP contribution in [0.15, 0.2) is 12.1 Å². The molecule has 0 aliphatic carbocycles. The van der Waals surface area contributed by atoms with E-state index in [-0.39, 0.29) is 5.69 Å². The monoisotopic (exact) mass is 256 g/mol. The first-order chi connectivity index (χ1) is 8.10. The molecule has 1 N–H and O–H groups in total. The number of hydrogen-bond donors (Lipinski definition) is 1. The quantitative estimate of drug-likeness (QED) is 0.618. The number of nitrogens with zero attached hydrogens (tertiary/aromatic N) is 3. The van der Waals surface area contributed by atoms with Crippen molar-refractivity contribution in [1.29, 1.82) is 0 Å². The Morgan fingerprint density at radius 1 is 1.59 bits per heavy atom. The number of aromatic nitrogens is 1. The van der Waals surface area contributed by atoms with Crippen LogP contribution in [0.3, 0.4) is 0 Å². The number of rotatable bonds is 6. The zero-order valence-corrected chi connectivity index (χ0v) is 11.0. The van der Waals surface area contributed by atoms with Gasteiger partial charge in [0.05, 0.1) is 4.92 Å². The van der Waals surface area contributed by atoms with Crippen molar-refractivity contribution < 1.29 is 4.92 Å². The summed E-state index contributed by atoms with van der Waals surface area (Å²) in [5.41, 5.74) is 0.0348. The van der Waals surface area contributed by atoms with E-state index in [0.29, 0.717) is 11.6 Å². The Bertz CT molecular complexity index is 400. The summed E-state index contributed by atoms with van der Waals surface area (Å²) in [5, 5.41) is 13.8. The Morgan fingerprint density at radius 2 is 2.29 bits per heavy atom. The molecule has 1 rings (SSSR count). The van der Waals surface area contributed by atoms with Gasteiger partial charge in [-0.25, -0.2) is 4.98 Å². The SMILES string of the molecule is CNc1ccc([N+](=O)[O-])c(N(C)CCSC)n1. The molecule has 0 atom stereocenters. The van der Waals surface area contributed by atoms with Gasteiger partial charge in [0.25, 0.3) is 0 Å². The summed E-state index contributed by atoms with van der Waals surface area (Å²) < 4.78 is 0. The van der Waals surface area contributed by atoms with Gasteiger partial charge in [-0.1, -0.05) is 0 Å². The van der Waals surface area contributed by atoms with Crippen LogP contribution in [0.2, 0.25) is 0 Å². The summed E-state index contributed by atoms with van der Waals surface area (Å²) in [4.78, 5) is 16.5. The molecule has 0 spiro atoms. The van der Waals surface area contributed by atoms with Gasteiger partial charge >= 0.3 is 5.69 Å². The molecule has 0 aliphatic heterocycles. The van der Waals surface area contributed by atoms with E-state index in [4.69, 9.17) is 0 Å². The van der Waals surface area contributed by atoms with Crippen LogP contribution < -0.4 is 10.2 Å². The van der Waals surface area contributed by atoms with Crippen LogP contribution in [0.5, 0.6) is 0 Å². The van der Waals surface area contributed by atoms with Gasteiger partial charge in [0.1, 0.15) is 5.82 Å². The van der Waals surface area contributed by atoms with Crippen molar-refractivity contribution in [3.63, 3.8) is 0 Å². The summed E-state index contributed by atoms with van der Waals surface area (Å²) in [7, 11) is 3.55. The molecule has 0 unspecified atom stereocenters. The first-order valence-electron chi connectivity index (χ1n) is 5.13. The molecule has 0 aromatic carbocycles. The first kappa shape index (κ1) is 13.6. The van der Waals surface area contributed by atoms with Gasteiger partial charge < -0.3 is 10.2 Å². The van der Waals surface area contributed by atoms with Gasteiger partial charge in [0.15, 0.2) is 0 Å². The number of nitrogens with one attached hydrogen (secondary N) is 1. The second-order valence-corrected chi connectivity index (χ2v) is 4.45. The molecular weight excluding hydrogens is 240 g/mol. The normalized spacial score (nSPS) is 10.1. The van der Waals surface area contributed by atoms with Crippen molar-refractivity contribution in [3.8, 4) is 0 Å². The third-order valence-corrected chi connectivity index (χ3v) is 2.89. The third kappa shape index (κ3) is 3.48. The van der Waals surface area contributed by atoms with E-state index >= 15 is 0 Å². The zero-order valence-electron chi connectivity index (χ0n) is 10.1. The molecule has 0 saturated heterocycles. The van der Waals surface area contributed by atoms with E-state index in [1.165, 1.54) is 6.07 Å². The summed E-state index contributed by atoms with van der Waals surface area (Å²) in [6, 6.07) is 3.08. The highest BCUT2D eigenvalue weighted by atomic mass is 32.2. The molecule has 1 aromatic heterocycles. The number of pyridine rings is 1. The van der Waals surface area contributed by atoms with Gasteiger partial charge in [0.2, 0.25) is 5.82 Å². The molecule has 1 aromatic rings. The van der Waals surface area contributed by atoms with Crippen molar-refractivity contribution in [1.82, 2.24) is 4.98 Å². The molecule has 17 heavy (non-hydrogen) atoms. The van der Waals surface area contributed by atoms with Crippen LogP contribution in [0.1, 0.15) is 0 Å². The lowest BCUT2D eigenvalue weighted by molar-refractivity contribution is -0.384. The number of hydrogen-bond acceptors (Lipinski definition) is 6. The van der Waals surface area contributed by atoms with Crippen LogP contribution in [-0.2, 0) is 0 Å². The van der Waals surface area contributed by atoms with Crippen molar-refractivity contribution in [2.75, 3.05) is 42.9 Å². The molecule has 0 bridgehead atoms. The molecule has 1 heterocycles.